The van der Waals surface area contributed by atoms with Gasteiger partial charge in [0.2, 0.25) is 0 Å². The number of aromatic nitrogens is 1. The molecule has 0 aromatic carbocycles. The maximum absolute atomic E-state index is 4.04. The highest BCUT2D eigenvalue weighted by atomic mass is 32.1. The van der Waals surface area contributed by atoms with Crippen LogP contribution in [0.5, 0.6) is 0 Å². The number of rotatable bonds is 4. The maximum atomic E-state index is 4.04. The fourth-order valence-corrected chi connectivity index (χ4v) is 2.53. The van der Waals surface area contributed by atoms with E-state index in [0.29, 0.717) is 6.04 Å². The monoisotopic (exact) mass is 224 g/mol. The smallest absolute Gasteiger partial charge is 0.0794 e. The first-order chi connectivity index (χ1) is 6.86. The number of thiophene rings is 1. The third-order valence-corrected chi connectivity index (χ3v) is 3.87. The van der Waals surface area contributed by atoms with Crippen molar-refractivity contribution < 1.29 is 0 Å². The highest BCUT2D eigenvalue weighted by Crippen LogP contribution is 2.18. The van der Waals surface area contributed by atoms with Crippen LogP contribution in [0.4, 0.5) is 0 Å². The van der Waals surface area contributed by atoms with Gasteiger partial charge in [-0.3, -0.25) is 4.98 Å². The molecule has 0 aliphatic heterocycles. The van der Waals surface area contributed by atoms with E-state index in [4.69, 9.17) is 0 Å². The van der Waals surface area contributed by atoms with Crippen LogP contribution < -0.4 is 5.32 Å². The van der Waals surface area contributed by atoms with Gasteiger partial charge in [0.05, 0.1) is 5.51 Å². The quantitative estimate of drug-likeness (QED) is 0.863. The largest absolute Gasteiger partial charge is 0.304 e. The summed E-state index contributed by atoms with van der Waals surface area (Å²) >= 11 is 3.49. The molecule has 0 spiro atoms. The first-order valence-corrected chi connectivity index (χ1v) is 6.26. The molecule has 0 unspecified atom stereocenters. The van der Waals surface area contributed by atoms with Crippen molar-refractivity contribution in [2.75, 3.05) is 0 Å². The average molecular weight is 224 g/mol. The van der Waals surface area contributed by atoms with E-state index in [1.807, 2.05) is 11.7 Å². The molecule has 2 heterocycles. The van der Waals surface area contributed by atoms with E-state index in [1.54, 1.807) is 22.7 Å². The lowest BCUT2D eigenvalue weighted by molar-refractivity contribution is 0.587. The SMILES string of the molecule is C[C@H](NCc1cncs1)c1cccs1. The second-order valence-electron chi connectivity index (χ2n) is 3.09. The summed E-state index contributed by atoms with van der Waals surface area (Å²) in [6.45, 7) is 3.09. The number of nitrogens with zero attached hydrogens (tertiary/aromatic N) is 1. The summed E-state index contributed by atoms with van der Waals surface area (Å²) in [6, 6.07) is 4.68. The molecule has 0 amide bonds. The highest BCUT2D eigenvalue weighted by Gasteiger charge is 2.05. The number of thiazole rings is 1. The van der Waals surface area contributed by atoms with Crippen molar-refractivity contribution >= 4 is 22.7 Å². The first-order valence-electron chi connectivity index (χ1n) is 4.50. The second-order valence-corrected chi connectivity index (χ2v) is 5.04. The Hall–Kier alpha value is -0.710. The molecule has 0 radical (unpaired) electrons. The lowest BCUT2D eigenvalue weighted by Crippen LogP contribution is -2.16. The minimum absolute atomic E-state index is 0.428. The first kappa shape index (κ1) is 9.83. The standard InChI is InChI=1S/C10H12N2S2/c1-8(10-3-2-4-13-10)12-6-9-5-11-7-14-9/h2-5,7-8,12H,6H2,1H3/t8-/m0/s1. The maximum Gasteiger partial charge on any atom is 0.0794 e. The van der Waals surface area contributed by atoms with Crippen LogP contribution in [-0.2, 0) is 6.54 Å². The summed E-state index contributed by atoms with van der Waals surface area (Å²) in [7, 11) is 0. The third kappa shape index (κ3) is 2.41. The summed E-state index contributed by atoms with van der Waals surface area (Å²) in [5.41, 5.74) is 1.87. The van der Waals surface area contributed by atoms with Gasteiger partial charge in [-0.25, -0.2) is 0 Å². The molecule has 4 heteroatoms. The molecule has 0 fully saturated rings. The Morgan fingerprint density at radius 3 is 3.07 bits per heavy atom. The van der Waals surface area contributed by atoms with Crippen molar-refractivity contribution in [3.05, 3.63) is 39.0 Å². The van der Waals surface area contributed by atoms with Crippen LogP contribution >= 0.6 is 22.7 Å². The van der Waals surface area contributed by atoms with Crippen LogP contribution in [0.3, 0.4) is 0 Å². The van der Waals surface area contributed by atoms with E-state index >= 15 is 0 Å². The van der Waals surface area contributed by atoms with Gasteiger partial charge in [0.25, 0.3) is 0 Å². The molecule has 0 bridgehead atoms. The van der Waals surface area contributed by atoms with Crippen LogP contribution in [-0.4, -0.2) is 4.98 Å². The molecule has 1 N–H and O–H groups in total. The lowest BCUT2D eigenvalue weighted by atomic mass is 10.3. The minimum atomic E-state index is 0.428. The Morgan fingerprint density at radius 1 is 1.50 bits per heavy atom. The molecule has 0 saturated heterocycles. The third-order valence-electron chi connectivity index (χ3n) is 2.04. The van der Waals surface area contributed by atoms with Crippen molar-refractivity contribution in [2.45, 2.75) is 19.5 Å². The van der Waals surface area contributed by atoms with Crippen molar-refractivity contribution in [1.29, 1.82) is 0 Å². The predicted molar refractivity (Wildman–Crippen MR) is 61.7 cm³/mol. The molecule has 2 rings (SSSR count). The Kier molecular flexibility index (Phi) is 3.29. The van der Waals surface area contributed by atoms with E-state index in [0.717, 1.165) is 6.54 Å². The Labute approximate surface area is 91.6 Å². The minimum Gasteiger partial charge on any atom is -0.304 e. The molecule has 14 heavy (non-hydrogen) atoms. The van der Waals surface area contributed by atoms with Gasteiger partial charge in [-0.05, 0) is 18.4 Å². The van der Waals surface area contributed by atoms with Crippen LogP contribution in [0.15, 0.2) is 29.2 Å². The van der Waals surface area contributed by atoms with E-state index in [1.165, 1.54) is 9.75 Å². The van der Waals surface area contributed by atoms with Gasteiger partial charge < -0.3 is 5.32 Å². The Balaban J connectivity index is 1.87. The molecule has 0 aliphatic carbocycles. The zero-order valence-electron chi connectivity index (χ0n) is 7.93. The summed E-state index contributed by atoms with van der Waals surface area (Å²) in [4.78, 5) is 6.71. The van der Waals surface area contributed by atoms with Crippen LogP contribution in [0.1, 0.15) is 22.7 Å². The van der Waals surface area contributed by atoms with Gasteiger partial charge in [0.15, 0.2) is 0 Å². The summed E-state index contributed by atoms with van der Waals surface area (Å²) in [5, 5.41) is 5.58. The van der Waals surface area contributed by atoms with E-state index < -0.39 is 0 Å². The Morgan fingerprint density at radius 2 is 2.43 bits per heavy atom. The summed E-state index contributed by atoms with van der Waals surface area (Å²) in [6.07, 6.45) is 1.92. The van der Waals surface area contributed by atoms with Crippen LogP contribution in [0.25, 0.3) is 0 Å². The van der Waals surface area contributed by atoms with Crippen LogP contribution in [0, 0.1) is 0 Å². The van der Waals surface area contributed by atoms with Crippen molar-refractivity contribution in [2.24, 2.45) is 0 Å². The average Bonchev–Trinajstić information content (AvgIpc) is 2.87. The summed E-state index contributed by atoms with van der Waals surface area (Å²) < 4.78 is 0. The Bertz CT molecular complexity index is 353. The second kappa shape index (κ2) is 4.68. The van der Waals surface area contributed by atoms with Crippen LogP contribution in [0.2, 0.25) is 0 Å². The number of nitrogens with one attached hydrogen (secondary N) is 1. The highest BCUT2D eigenvalue weighted by molar-refractivity contribution is 7.10. The van der Waals surface area contributed by atoms with E-state index in [2.05, 4.69) is 34.7 Å². The zero-order chi connectivity index (χ0) is 9.80. The molecule has 1 atom stereocenters. The lowest BCUT2D eigenvalue weighted by Gasteiger charge is -2.10. The summed E-state index contributed by atoms with van der Waals surface area (Å²) in [5.74, 6) is 0. The number of hydrogen-bond donors (Lipinski definition) is 1. The van der Waals surface area contributed by atoms with Crippen molar-refractivity contribution in [3.63, 3.8) is 0 Å². The van der Waals surface area contributed by atoms with Gasteiger partial charge in [-0.1, -0.05) is 6.07 Å². The molecule has 2 nitrogen and oxygen atoms in total. The van der Waals surface area contributed by atoms with Crippen molar-refractivity contribution in [1.82, 2.24) is 10.3 Å². The van der Waals surface area contributed by atoms with Gasteiger partial charge >= 0.3 is 0 Å². The fourth-order valence-electron chi connectivity index (χ4n) is 1.22. The van der Waals surface area contributed by atoms with Crippen molar-refractivity contribution in [3.8, 4) is 0 Å². The zero-order valence-corrected chi connectivity index (χ0v) is 9.57. The van der Waals surface area contributed by atoms with Gasteiger partial charge in [0, 0.05) is 28.5 Å². The molecule has 2 aromatic heterocycles. The van der Waals surface area contributed by atoms with Gasteiger partial charge in [0.1, 0.15) is 0 Å². The molecular formula is C10H12N2S2. The normalized spacial score (nSPS) is 12.9. The van der Waals surface area contributed by atoms with Gasteiger partial charge in [-0.15, -0.1) is 22.7 Å². The molecule has 0 saturated carbocycles. The topological polar surface area (TPSA) is 24.9 Å². The molecule has 0 aliphatic rings. The van der Waals surface area contributed by atoms with Gasteiger partial charge in [-0.2, -0.15) is 0 Å². The molecule has 74 valence electrons. The molecule has 2 aromatic rings. The number of hydrogen-bond acceptors (Lipinski definition) is 4. The van der Waals surface area contributed by atoms with E-state index in [-0.39, 0.29) is 0 Å². The van der Waals surface area contributed by atoms with E-state index in [9.17, 15) is 0 Å². The molecular weight excluding hydrogens is 212 g/mol. The fraction of sp³-hybridized carbons (Fsp3) is 0.300. The predicted octanol–water partition coefficient (Wildman–Crippen LogP) is 3.06.